The van der Waals surface area contributed by atoms with Gasteiger partial charge in [0, 0.05) is 24.7 Å². The number of pyridine rings is 1. The first-order valence-corrected chi connectivity index (χ1v) is 7.20. The van der Waals surface area contributed by atoms with E-state index in [0.717, 1.165) is 29.5 Å². The molecule has 0 radical (unpaired) electrons. The number of thiazole rings is 1. The van der Waals surface area contributed by atoms with Crippen molar-refractivity contribution in [1.82, 2.24) is 15.3 Å². The van der Waals surface area contributed by atoms with Crippen molar-refractivity contribution in [2.45, 2.75) is 26.3 Å². The van der Waals surface area contributed by atoms with Crippen LogP contribution in [0.1, 0.15) is 25.5 Å². The van der Waals surface area contributed by atoms with E-state index in [2.05, 4.69) is 27.6 Å². The Hall–Kier alpha value is -1.26. The zero-order valence-corrected chi connectivity index (χ0v) is 11.3. The van der Waals surface area contributed by atoms with Gasteiger partial charge in [-0.05, 0) is 30.4 Å². The molecule has 1 fully saturated rings. The number of nitrogens with one attached hydrogen (secondary N) is 1. The summed E-state index contributed by atoms with van der Waals surface area (Å²) < 4.78 is 0. The summed E-state index contributed by atoms with van der Waals surface area (Å²) in [6, 6.07) is 5.92. The number of hydrogen-bond donors (Lipinski definition) is 1. The Morgan fingerprint density at radius 3 is 3.00 bits per heavy atom. The Kier molecular flexibility index (Phi) is 3.14. The van der Waals surface area contributed by atoms with Crippen LogP contribution in [0.15, 0.2) is 29.8 Å². The molecule has 0 aromatic carbocycles. The third-order valence-corrected chi connectivity index (χ3v) is 4.31. The first-order valence-electron chi connectivity index (χ1n) is 6.32. The van der Waals surface area contributed by atoms with Crippen molar-refractivity contribution in [3.05, 3.63) is 35.5 Å². The van der Waals surface area contributed by atoms with E-state index in [1.54, 1.807) is 11.3 Å². The summed E-state index contributed by atoms with van der Waals surface area (Å²) in [5, 5.41) is 6.61. The molecule has 94 valence electrons. The molecular formula is C14H17N3S. The highest BCUT2D eigenvalue weighted by atomic mass is 32.1. The zero-order valence-electron chi connectivity index (χ0n) is 10.5. The molecule has 3 rings (SSSR count). The molecule has 0 unspecified atom stereocenters. The van der Waals surface area contributed by atoms with E-state index in [9.17, 15) is 0 Å². The van der Waals surface area contributed by atoms with Crippen LogP contribution >= 0.6 is 11.3 Å². The van der Waals surface area contributed by atoms with Crippen LogP contribution in [0.5, 0.6) is 0 Å². The van der Waals surface area contributed by atoms with Crippen LogP contribution in [0.3, 0.4) is 0 Å². The Morgan fingerprint density at radius 2 is 2.28 bits per heavy atom. The Morgan fingerprint density at radius 1 is 1.39 bits per heavy atom. The maximum absolute atomic E-state index is 4.61. The summed E-state index contributed by atoms with van der Waals surface area (Å²) in [7, 11) is 0. The van der Waals surface area contributed by atoms with Crippen molar-refractivity contribution in [2.75, 3.05) is 6.54 Å². The van der Waals surface area contributed by atoms with Gasteiger partial charge < -0.3 is 5.32 Å². The van der Waals surface area contributed by atoms with Crippen LogP contribution in [0.4, 0.5) is 0 Å². The van der Waals surface area contributed by atoms with Gasteiger partial charge in [0.25, 0.3) is 0 Å². The molecule has 0 aliphatic heterocycles. The second-order valence-electron chi connectivity index (χ2n) is 5.27. The third-order valence-electron chi connectivity index (χ3n) is 3.40. The average Bonchev–Trinajstić information content (AvgIpc) is 2.94. The van der Waals surface area contributed by atoms with Gasteiger partial charge in [0.1, 0.15) is 5.01 Å². The molecule has 1 aliphatic rings. The van der Waals surface area contributed by atoms with E-state index in [1.807, 2.05) is 24.4 Å². The number of aromatic nitrogens is 2. The Labute approximate surface area is 111 Å². The highest BCUT2D eigenvalue weighted by Gasteiger charge is 2.36. The van der Waals surface area contributed by atoms with Gasteiger partial charge in [0.05, 0.1) is 11.4 Å². The van der Waals surface area contributed by atoms with Gasteiger partial charge in [-0.25, -0.2) is 4.98 Å². The van der Waals surface area contributed by atoms with Gasteiger partial charge >= 0.3 is 0 Å². The molecule has 3 nitrogen and oxygen atoms in total. The maximum atomic E-state index is 4.61. The van der Waals surface area contributed by atoms with Crippen molar-refractivity contribution < 1.29 is 0 Å². The normalized spacial score (nSPS) is 16.7. The predicted molar refractivity (Wildman–Crippen MR) is 74.4 cm³/mol. The van der Waals surface area contributed by atoms with Crippen molar-refractivity contribution in [3.63, 3.8) is 0 Å². The van der Waals surface area contributed by atoms with E-state index in [4.69, 9.17) is 0 Å². The summed E-state index contributed by atoms with van der Waals surface area (Å²) in [5.41, 5.74) is 2.63. The highest BCUT2D eigenvalue weighted by molar-refractivity contribution is 7.13. The van der Waals surface area contributed by atoms with E-state index in [-0.39, 0.29) is 0 Å². The lowest BCUT2D eigenvalue weighted by molar-refractivity contribution is 0.497. The first-order chi connectivity index (χ1) is 8.75. The molecule has 0 saturated heterocycles. The fourth-order valence-electron chi connectivity index (χ4n) is 1.88. The summed E-state index contributed by atoms with van der Waals surface area (Å²) >= 11 is 1.66. The largest absolute Gasteiger partial charge is 0.311 e. The van der Waals surface area contributed by atoms with E-state index < -0.39 is 0 Å². The minimum Gasteiger partial charge on any atom is -0.311 e. The topological polar surface area (TPSA) is 37.8 Å². The van der Waals surface area contributed by atoms with E-state index in [0.29, 0.717) is 5.41 Å². The molecule has 1 aliphatic carbocycles. The molecule has 0 bridgehead atoms. The predicted octanol–water partition coefficient (Wildman–Crippen LogP) is 3.09. The lowest BCUT2D eigenvalue weighted by atomic mass is 10.1. The molecule has 2 aromatic rings. The number of hydrogen-bond acceptors (Lipinski definition) is 4. The smallest absolute Gasteiger partial charge is 0.142 e. The summed E-state index contributed by atoms with van der Waals surface area (Å²) in [5.74, 6) is 0. The second kappa shape index (κ2) is 4.78. The number of nitrogens with zero attached hydrogens (tertiary/aromatic N) is 2. The minimum absolute atomic E-state index is 0.555. The van der Waals surface area contributed by atoms with Crippen LogP contribution in [0, 0.1) is 5.41 Å². The summed E-state index contributed by atoms with van der Waals surface area (Å²) in [6.45, 7) is 4.29. The van der Waals surface area contributed by atoms with Crippen molar-refractivity contribution in [1.29, 1.82) is 0 Å². The van der Waals surface area contributed by atoms with Gasteiger partial charge in [-0.3, -0.25) is 4.98 Å². The van der Waals surface area contributed by atoms with Crippen molar-refractivity contribution >= 4 is 11.3 Å². The molecule has 0 amide bonds. The summed E-state index contributed by atoms with van der Waals surface area (Å²) in [4.78, 5) is 8.93. The van der Waals surface area contributed by atoms with Crippen LogP contribution in [-0.4, -0.2) is 16.5 Å². The highest BCUT2D eigenvalue weighted by Crippen LogP contribution is 2.44. The van der Waals surface area contributed by atoms with Gasteiger partial charge in [0.2, 0.25) is 0 Å². The first kappa shape index (κ1) is 11.8. The monoisotopic (exact) mass is 259 g/mol. The fraction of sp³-hybridized carbons (Fsp3) is 0.429. The molecule has 18 heavy (non-hydrogen) atoms. The lowest BCUT2D eigenvalue weighted by Crippen LogP contribution is -2.21. The molecule has 1 saturated carbocycles. The fourth-order valence-corrected chi connectivity index (χ4v) is 2.67. The van der Waals surface area contributed by atoms with Gasteiger partial charge in [0.15, 0.2) is 0 Å². The molecule has 2 aromatic heterocycles. The minimum atomic E-state index is 0.555. The summed E-state index contributed by atoms with van der Waals surface area (Å²) in [6.07, 6.45) is 4.52. The maximum Gasteiger partial charge on any atom is 0.142 e. The second-order valence-corrected chi connectivity index (χ2v) is 6.13. The zero-order chi connectivity index (χ0) is 12.4. The average molecular weight is 259 g/mol. The van der Waals surface area contributed by atoms with Crippen LogP contribution in [-0.2, 0) is 6.54 Å². The third kappa shape index (κ3) is 2.76. The molecule has 0 atom stereocenters. The molecule has 1 N–H and O–H groups in total. The molecular weight excluding hydrogens is 242 g/mol. The van der Waals surface area contributed by atoms with Crippen LogP contribution < -0.4 is 5.32 Å². The van der Waals surface area contributed by atoms with Gasteiger partial charge in [-0.1, -0.05) is 13.0 Å². The van der Waals surface area contributed by atoms with Crippen molar-refractivity contribution in [3.8, 4) is 10.7 Å². The Bertz CT molecular complexity index is 517. The van der Waals surface area contributed by atoms with Crippen LogP contribution in [0.25, 0.3) is 10.7 Å². The standard InChI is InChI=1S/C14H17N3S/c1-14(5-6-14)10-15-8-11-9-18-13(17-11)12-4-2-3-7-16-12/h2-4,7,9,15H,5-6,8,10H2,1H3. The SMILES string of the molecule is CC1(CNCc2csc(-c3ccccn3)n2)CC1. The Balaban J connectivity index is 1.59. The molecule has 2 heterocycles. The van der Waals surface area contributed by atoms with Gasteiger partial charge in [-0.15, -0.1) is 11.3 Å². The van der Waals surface area contributed by atoms with Crippen molar-refractivity contribution in [2.24, 2.45) is 5.41 Å². The number of rotatable bonds is 5. The molecule has 0 spiro atoms. The van der Waals surface area contributed by atoms with E-state index >= 15 is 0 Å². The van der Waals surface area contributed by atoms with Gasteiger partial charge in [-0.2, -0.15) is 0 Å². The molecule has 4 heteroatoms. The van der Waals surface area contributed by atoms with Crippen LogP contribution in [0.2, 0.25) is 0 Å². The lowest BCUT2D eigenvalue weighted by Gasteiger charge is -2.08. The quantitative estimate of drug-likeness (QED) is 0.896. The van der Waals surface area contributed by atoms with E-state index in [1.165, 1.54) is 12.8 Å².